The smallest absolute Gasteiger partial charge is 0.236 e. The summed E-state index contributed by atoms with van der Waals surface area (Å²) in [4.78, 5) is 0. The molecule has 1 atom stereocenters. The summed E-state index contributed by atoms with van der Waals surface area (Å²) in [5, 5.41) is 3.50. The molecule has 1 unspecified atom stereocenters. The molecular formula is C12H16Cl2N2O2S. The average molecular weight is 323 g/mol. The van der Waals surface area contributed by atoms with Crippen LogP contribution in [-0.4, -0.2) is 26.8 Å². The first-order chi connectivity index (χ1) is 8.90. The van der Waals surface area contributed by atoms with Gasteiger partial charge >= 0.3 is 0 Å². The molecule has 2 rings (SSSR count). The van der Waals surface area contributed by atoms with Crippen molar-refractivity contribution >= 4 is 38.9 Å². The lowest BCUT2D eigenvalue weighted by molar-refractivity contribution is 0.499. The molecule has 106 valence electrons. The van der Waals surface area contributed by atoms with E-state index in [0.29, 0.717) is 28.7 Å². The summed E-state index contributed by atoms with van der Waals surface area (Å²) < 4.78 is 27.0. The van der Waals surface area contributed by atoms with Crippen molar-refractivity contribution < 1.29 is 8.42 Å². The number of hydrogen-bond donors (Lipinski definition) is 2. The lowest BCUT2D eigenvalue weighted by atomic mass is 10.2. The van der Waals surface area contributed by atoms with E-state index in [1.54, 1.807) is 12.1 Å². The van der Waals surface area contributed by atoms with Crippen molar-refractivity contribution in [2.45, 2.75) is 25.0 Å². The summed E-state index contributed by atoms with van der Waals surface area (Å²) in [5.41, 5.74) is 1.15. The largest absolute Gasteiger partial charge is 0.315 e. The van der Waals surface area contributed by atoms with Crippen molar-refractivity contribution in [1.29, 1.82) is 0 Å². The Morgan fingerprint density at radius 3 is 2.68 bits per heavy atom. The molecular weight excluding hydrogens is 307 g/mol. The van der Waals surface area contributed by atoms with Gasteiger partial charge in [0.1, 0.15) is 0 Å². The van der Waals surface area contributed by atoms with Crippen LogP contribution in [0.1, 0.15) is 18.4 Å². The minimum atomic E-state index is -3.44. The average Bonchev–Trinajstić information content (AvgIpc) is 2.37. The van der Waals surface area contributed by atoms with Gasteiger partial charge in [-0.1, -0.05) is 23.2 Å². The monoisotopic (exact) mass is 322 g/mol. The Morgan fingerprint density at radius 1 is 1.32 bits per heavy atom. The number of hydrogen-bond acceptors (Lipinski definition) is 3. The SMILES string of the molecule is Cc1cc(Cl)c(NS(=O)(=O)C2CCCNC2)cc1Cl. The van der Waals surface area contributed by atoms with Gasteiger partial charge in [0.25, 0.3) is 0 Å². The number of halogens is 2. The van der Waals surface area contributed by atoms with Crippen LogP contribution in [0.4, 0.5) is 5.69 Å². The van der Waals surface area contributed by atoms with Gasteiger partial charge in [-0.05, 0) is 44.0 Å². The molecule has 1 fully saturated rings. The number of anilines is 1. The van der Waals surface area contributed by atoms with E-state index in [2.05, 4.69) is 10.0 Å². The third-order valence-electron chi connectivity index (χ3n) is 3.19. The molecule has 19 heavy (non-hydrogen) atoms. The highest BCUT2D eigenvalue weighted by molar-refractivity contribution is 7.93. The molecule has 0 radical (unpaired) electrons. The van der Waals surface area contributed by atoms with E-state index < -0.39 is 15.3 Å². The summed E-state index contributed by atoms with van der Waals surface area (Å²) in [6.07, 6.45) is 1.51. The Morgan fingerprint density at radius 2 is 2.05 bits per heavy atom. The first-order valence-corrected chi connectivity index (χ1v) is 8.38. The molecule has 0 bridgehead atoms. The fraction of sp³-hybridized carbons (Fsp3) is 0.500. The van der Waals surface area contributed by atoms with E-state index in [1.807, 2.05) is 6.92 Å². The number of benzene rings is 1. The van der Waals surface area contributed by atoms with Gasteiger partial charge in [-0.2, -0.15) is 0 Å². The molecule has 0 aliphatic carbocycles. The van der Waals surface area contributed by atoms with Crippen molar-refractivity contribution in [2.24, 2.45) is 0 Å². The Bertz CT molecular complexity index is 569. The second-order valence-corrected chi connectivity index (χ2v) is 7.47. The van der Waals surface area contributed by atoms with E-state index in [-0.39, 0.29) is 0 Å². The fourth-order valence-electron chi connectivity index (χ4n) is 2.05. The molecule has 1 aliphatic heterocycles. The number of rotatable bonds is 3. The molecule has 1 aliphatic rings. The van der Waals surface area contributed by atoms with Crippen LogP contribution in [0.25, 0.3) is 0 Å². The number of piperidine rings is 1. The quantitative estimate of drug-likeness (QED) is 0.899. The fourth-order valence-corrected chi connectivity index (χ4v) is 3.99. The summed E-state index contributed by atoms with van der Waals surface area (Å²) in [7, 11) is -3.44. The van der Waals surface area contributed by atoms with Crippen LogP contribution in [0.15, 0.2) is 12.1 Å². The van der Waals surface area contributed by atoms with Crippen molar-refractivity contribution in [3.05, 3.63) is 27.7 Å². The molecule has 2 N–H and O–H groups in total. The summed E-state index contributed by atoms with van der Waals surface area (Å²) in [5.74, 6) is 0. The Hall–Kier alpha value is -0.490. The normalized spacial score (nSPS) is 20.3. The second-order valence-electron chi connectivity index (χ2n) is 4.70. The van der Waals surface area contributed by atoms with Gasteiger partial charge in [-0.15, -0.1) is 0 Å². The Kier molecular flexibility index (Phi) is 4.61. The highest BCUT2D eigenvalue weighted by atomic mass is 35.5. The first-order valence-electron chi connectivity index (χ1n) is 6.08. The van der Waals surface area contributed by atoms with Crippen molar-refractivity contribution in [2.75, 3.05) is 17.8 Å². The topological polar surface area (TPSA) is 58.2 Å². The molecule has 1 aromatic carbocycles. The molecule has 7 heteroatoms. The Balaban J connectivity index is 2.22. The minimum absolute atomic E-state index is 0.336. The maximum atomic E-state index is 12.3. The van der Waals surface area contributed by atoms with E-state index in [1.165, 1.54) is 0 Å². The third-order valence-corrected chi connectivity index (χ3v) is 5.70. The lowest BCUT2D eigenvalue weighted by Gasteiger charge is -2.23. The molecule has 0 saturated carbocycles. The maximum absolute atomic E-state index is 12.3. The summed E-state index contributed by atoms with van der Waals surface area (Å²) in [6, 6.07) is 3.20. The van der Waals surface area contributed by atoms with Gasteiger partial charge in [0.15, 0.2) is 0 Å². The zero-order valence-electron chi connectivity index (χ0n) is 10.5. The van der Waals surface area contributed by atoms with Crippen molar-refractivity contribution in [3.8, 4) is 0 Å². The van der Waals surface area contributed by atoms with Gasteiger partial charge in [0, 0.05) is 11.6 Å². The molecule has 1 heterocycles. The van der Waals surface area contributed by atoms with E-state index in [0.717, 1.165) is 18.5 Å². The van der Waals surface area contributed by atoms with Crippen molar-refractivity contribution in [3.63, 3.8) is 0 Å². The molecule has 1 saturated heterocycles. The van der Waals surface area contributed by atoms with E-state index >= 15 is 0 Å². The maximum Gasteiger partial charge on any atom is 0.236 e. The van der Waals surface area contributed by atoms with Gasteiger partial charge < -0.3 is 5.32 Å². The van der Waals surface area contributed by atoms with Crippen LogP contribution in [0, 0.1) is 6.92 Å². The number of aryl methyl sites for hydroxylation is 1. The van der Waals surface area contributed by atoms with Crippen molar-refractivity contribution in [1.82, 2.24) is 5.32 Å². The third kappa shape index (κ3) is 3.54. The summed E-state index contributed by atoms with van der Waals surface area (Å²) in [6.45, 7) is 3.15. The van der Waals surface area contributed by atoms with Crippen LogP contribution >= 0.6 is 23.2 Å². The van der Waals surface area contributed by atoms with Gasteiger partial charge in [-0.25, -0.2) is 8.42 Å². The number of nitrogens with one attached hydrogen (secondary N) is 2. The predicted octanol–water partition coefficient (Wildman–Crippen LogP) is 2.80. The van der Waals surface area contributed by atoms with Gasteiger partial charge in [0.05, 0.1) is 16.0 Å². The molecule has 0 aromatic heterocycles. The van der Waals surface area contributed by atoms with Crippen LogP contribution < -0.4 is 10.0 Å². The molecule has 0 amide bonds. The summed E-state index contributed by atoms with van der Waals surface area (Å²) >= 11 is 12.0. The van der Waals surface area contributed by atoms with Crippen LogP contribution in [-0.2, 0) is 10.0 Å². The zero-order valence-corrected chi connectivity index (χ0v) is 12.9. The highest BCUT2D eigenvalue weighted by Gasteiger charge is 2.27. The van der Waals surface area contributed by atoms with Crippen LogP contribution in [0.5, 0.6) is 0 Å². The number of sulfonamides is 1. The van der Waals surface area contributed by atoms with E-state index in [4.69, 9.17) is 23.2 Å². The van der Waals surface area contributed by atoms with Gasteiger partial charge in [-0.3, -0.25) is 4.72 Å². The first kappa shape index (κ1) is 14.9. The van der Waals surface area contributed by atoms with Crippen LogP contribution in [0.3, 0.4) is 0 Å². The highest BCUT2D eigenvalue weighted by Crippen LogP contribution is 2.30. The predicted molar refractivity (Wildman–Crippen MR) is 79.6 cm³/mol. The molecule has 1 aromatic rings. The minimum Gasteiger partial charge on any atom is -0.315 e. The zero-order chi connectivity index (χ0) is 14.0. The standard InChI is InChI=1S/C12H16Cl2N2O2S/c1-8-5-11(14)12(6-10(8)13)16-19(17,18)9-3-2-4-15-7-9/h5-6,9,15-16H,2-4,7H2,1H3. The lowest BCUT2D eigenvalue weighted by Crippen LogP contribution is -2.41. The Labute approximate surface area is 123 Å². The molecule has 4 nitrogen and oxygen atoms in total. The van der Waals surface area contributed by atoms with E-state index in [9.17, 15) is 8.42 Å². The van der Waals surface area contributed by atoms with Gasteiger partial charge in [0.2, 0.25) is 10.0 Å². The molecule has 0 spiro atoms. The second kappa shape index (κ2) is 5.87. The van der Waals surface area contributed by atoms with Crippen LogP contribution in [0.2, 0.25) is 10.0 Å².